The van der Waals surface area contributed by atoms with E-state index in [1.807, 2.05) is 5.38 Å². The topological polar surface area (TPSA) is 107 Å². The third-order valence-corrected chi connectivity index (χ3v) is 7.06. The van der Waals surface area contributed by atoms with Gasteiger partial charge in [-0.15, -0.1) is 11.3 Å². The van der Waals surface area contributed by atoms with Gasteiger partial charge < -0.3 is 19.1 Å². The van der Waals surface area contributed by atoms with Gasteiger partial charge in [-0.3, -0.25) is 19.8 Å². The van der Waals surface area contributed by atoms with E-state index >= 15 is 0 Å². The molecule has 1 amide bonds. The van der Waals surface area contributed by atoms with Gasteiger partial charge in [-0.05, 0) is 31.7 Å². The summed E-state index contributed by atoms with van der Waals surface area (Å²) in [5, 5.41) is 13.6. The minimum Gasteiger partial charge on any atom is -0.493 e. The molecule has 10 nitrogen and oxygen atoms in total. The molecule has 2 aromatic rings. The van der Waals surface area contributed by atoms with Gasteiger partial charge in [-0.2, -0.15) is 0 Å². The highest BCUT2D eigenvalue weighted by atomic mass is 32.1. The Bertz CT molecular complexity index is 972. The zero-order chi connectivity index (χ0) is 23.9. The minimum atomic E-state index is -0.544. The monoisotopic (exact) mass is 490 g/mol. The number of amides is 1. The predicted octanol–water partition coefficient (Wildman–Crippen LogP) is 3.21. The predicted molar refractivity (Wildman–Crippen MR) is 127 cm³/mol. The number of nitrogens with zero attached hydrogens (tertiary/aromatic N) is 4. The van der Waals surface area contributed by atoms with Crippen molar-refractivity contribution in [2.45, 2.75) is 25.9 Å². The number of nitro benzene ring substituents is 1. The number of thiazole rings is 1. The average molecular weight is 491 g/mol. The van der Waals surface area contributed by atoms with Gasteiger partial charge in [0, 0.05) is 37.6 Å². The van der Waals surface area contributed by atoms with Gasteiger partial charge in [0.25, 0.3) is 11.6 Å². The Labute approximate surface area is 202 Å². The molecule has 3 heterocycles. The van der Waals surface area contributed by atoms with Crippen molar-refractivity contribution in [3.8, 4) is 11.5 Å². The van der Waals surface area contributed by atoms with Crippen molar-refractivity contribution in [2.75, 3.05) is 53.0 Å². The molecule has 0 aliphatic carbocycles. The highest BCUT2D eigenvalue weighted by Crippen LogP contribution is 2.36. The second-order valence-corrected chi connectivity index (χ2v) is 9.24. The zero-order valence-electron chi connectivity index (χ0n) is 19.3. The SMILES string of the molecule is COc1cc(C(=O)N2CCC(CCN3CCOCC3)CC2)c([N+](=O)[O-])cc1OCc1cscn1. The number of nitro groups is 1. The van der Waals surface area contributed by atoms with Crippen molar-refractivity contribution >= 4 is 22.9 Å². The molecule has 2 aliphatic rings. The Morgan fingerprint density at radius 3 is 2.65 bits per heavy atom. The van der Waals surface area contributed by atoms with Crippen LogP contribution in [0.25, 0.3) is 0 Å². The second kappa shape index (κ2) is 11.6. The summed E-state index contributed by atoms with van der Waals surface area (Å²) in [5.74, 6) is 0.700. The van der Waals surface area contributed by atoms with E-state index < -0.39 is 4.92 Å². The van der Waals surface area contributed by atoms with Crippen LogP contribution in [-0.2, 0) is 11.3 Å². The molecule has 2 aliphatic heterocycles. The largest absolute Gasteiger partial charge is 0.493 e. The highest BCUT2D eigenvalue weighted by Gasteiger charge is 2.30. The van der Waals surface area contributed by atoms with Crippen LogP contribution in [-0.4, -0.2) is 78.7 Å². The van der Waals surface area contributed by atoms with E-state index in [1.54, 1.807) is 10.4 Å². The summed E-state index contributed by atoms with van der Waals surface area (Å²) in [6.45, 7) is 5.93. The normalized spacial score (nSPS) is 17.5. The highest BCUT2D eigenvalue weighted by molar-refractivity contribution is 7.07. The Hall–Kier alpha value is -2.76. The van der Waals surface area contributed by atoms with Crippen LogP contribution in [0.1, 0.15) is 35.3 Å². The average Bonchev–Trinajstić information content (AvgIpc) is 3.40. The maximum absolute atomic E-state index is 13.3. The molecule has 0 saturated carbocycles. The summed E-state index contributed by atoms with van der Waals surface area (Å²) < 4.78 is 16.5. The van der Waals surface area contributed by atoms with Crippen molar-refractivity contribution in [3.05, 3.63) is 44.4 Å². The number of rotatable bonds is 9. The van der Waals surface area contributed by atoms with E-state index in [-0.39, 0.29) is 35.3 Å². The third-order valence-electron chi connectivity index (χ3n) is 6.43. The van der Waals surface area contributed by atoms with Crippen LogP contribution in [0, 0.1) is 16.0 Å². The van der Waals surface area contributed by atoms with Crippen LogP contribution < -0.4 is 9.47 Å². The van der Waals surface area contributed by atoms with Gasteiger partial charge in [-0.1, -0.05) is 0 Å². The number of aromatic nitrogens is 1. The summed E-state index contributed by atoms with van der Waals surface area (Å²) in [6.07, 6.45) is 2.90. The fourth-order valence-corrected chi connectivity index (χ4v) is 4.93. The van der Waals surface area contributed by atoms with Crippen LogP contribution in [0.5, 0.6) is 11.5 Å². The number of hydrogen-bond donors (Lipinski definition) is 0. The first-order valence-electron chi connectivity index (χ1n) is 11.5. The van der Waals surface area contributed by atoms with E-state index in [2.05, 4.69) is 9.88 Å². The van der Waals surface area contributed by atoms with Crippen LogP contribution in [0.4, 0.5) is 5.69 Å². The molecule has 0 spiro atoms. The number of piperidine rings is 1. The summed E-state index contributed by atoms with van der Waals surface area (Å²) >= 11 is 1.44. The van der Waals surface area contributed by atoms with Gasteiger partial charge in [0.15, 0.2) is 11.5 Å². The number of likely N-dealkylation sites (tertiary alicyclic amines) is 1. The Balaban J connectivity index is 1.40. The summed E-state index contributed by atoms with van der Waals surface area (Å²) in [7, 11) is 1.45. The molecule has 184 valence electrons. The number of morpholine rings is 1. The van der Waals surface area contributed by atoms with E-state index in [0.717, 1.165) is 52.1 Å². The summed E-state index contributed by atoms with van der Waals surface area (Å²) in [6, 6.07) is 2.69. The van der Waals surface area contributed by atoms with Crippen LogP contribution in [0.3, 0.4) is 0 Å². The standard InChI is InChI=1S/C23H30N4O6S/c1-31-21-12-19(20(27(29)30)13-22(21)33-14-18-15-34-16-24-18)23(28)26-6-3-17(4-7-26)2-5-25-8-10-32-11-9-25/h12-13,15-17H,2-11,14H2,1H3. The zero-order valence-corrected chi connectivity index (χ0v) is 20.1. The lowest BCUT2D eigenvalue weighted by atomic mass is 9.92. The second-order valence-electron chi connectivity index (χ2n) is 8.52. The number of benzene rings is 1. The molecule has 0 unspecified atom stereocenters. The van der Waals surface area contributed by atoms with Gasteiger partial charge >= 0.3 is 0 Å². The lowest BCUT2D eigenvalue weighted by Gasteiger charge is -2.34. The minimum absolute atomic E-state index is 0.0228. The first kappa shape index (κ1) is 24.4. The number of carbonyl (C=O) groups excluding carboxylic acids is 1. The van der Waals surface area contributed by atoms with Gasteiger partial charge in [0.2, 0.25) is 0 Å². The Kier molecular flexibility index (Phi) is 8.30. The lowest BCUT2D eigenvalue weighted by molar-refractivity contribution is -0.385. The molecule has 11 heteroatoms. The molecule has 4 rings (SSSR count). The van der Waals surface area contributed by atoms with Crippen molar-refractivity contribution in [1.82, 2.24) is 14.8 Å². The van der Waals surface area contributed by atoms with Gasteiger partial charge in [-0.25, -0.2) is 4.98 Å². The molecule has 0 N–H and O–H groups in total. The third kappa shape index (κ3) is 6.02. The Morgan fingerprint density at radius 2 is 2.00 bits per heavy atom. The van der Waals surface area contributed by atoms with E-state index in [9.17, 15) is 14.9 Å². The van der Waals surface area contributed by atoms with Gasteiger partial charge in [0.1, 0.15) is 12.2 Å². The molecule has 1 aromatic carbocycles. The molecule has 2 fully saturated rings. The lowest BCUT2D eigenvalue weighted by Crippen LogP contribution is -2.41. The number of methoxy groups -OCH3 is 1. The molecule has 34 heavy (non-hydrogen) atoms. The number of ether oxygens (including phenoxy) is 3. The first-order chi connectivity index (χ1) is 16.5. The molecule has 0 atom stereocenters. The fourth-order valence-electron chi connectivity index (χ4n) is 4.39. The van der Waals surface area contributed by atoms with E-state index in [1.165, 1.54) is 30.6 Å². The van der Waals surface area contributed by atoms with Crippen LogP contribution in [0.15, 0.2) is 23.0 Å². The molecule has 0 radical (unpaired) electrons. The fraction of sp³-hybridized carbons (Fsp3) is 0.565. The van der Waals surface area contributed by atoms with Crippen LogP contribution in [0.2, 0.25) is 0 Å². The summed E-state index contributed by atoms with van der Waals surface area (Å²) in [4.78, 5) is 32.8. The maximum atomic E-state index is 13.3. The van der Waals surface area contributed by atoms with Crippen molar-refractivity contribution in [1.29, 1.82) is 0 Å². The first-order valence-corrected chi connectivity index (χ1v) is 12.4. The molecule has 1 aromatic heterocycles. The van der Waals surface area contributed by atoms with Crippen molar-refractivity contribution in [3.63, 3.8) is 0 Å². The molecular formula is C23H30N4O6S. The number of hydrogen-bond acceptors (Lipinski definition) is 9. The van der Waals surface area contributed by atoms with Crippen molar-refractivity contribution in [2.24, 2.45) is 5.92 Å². The van der Waals surface area contributed by atoms with E-state index in [0.29, 0.717) is 24.7 Å². The smallest absolute Gasteiger partial charge is 0.286 e. The summed E-state index contributed by atoms with van der Waals surface area (Å²) in [5.41, 5.74) is 2.14. The van der Waals surface area contributed by atoms with E-state index in [4.69, 9.17) is 14.2 Å². The van der Waals surface area contributed by atoms with Gasteiger partial charge in [0.05, 0.1) is 42.5 Å². The van der Waals surface area contributed by atoms with Crippen LogP contribution >= 0.6 is 11.3 Å². The maximum Gasteiger partial charge on any atom is 0.286 e. The van der Waals surface area contributed by atoms with Crippen molar-refractivity contribution < 1.29 is 23.9 Å². The molecule has 2 saturated heterocycles. The quantitative estimate of drug-likeness (QED) is 0.390. The number of carbonyl (C=O) groups is 1. The molecular weight excluding hydrogens is 460 g/mol. The Morgan fingerprint density at radius 1 is 1.24 bits per heavy atom. The molecule has 0 bridgehead atoms.